The summed E-state index contributed by atoms with van der Waals surface area (Å²) >= 11 is 8.07. The van der Waals surface area contributed by atoms with E-state index in [0.29, 0.717) is 25.8 Å². The molecule has 6 rings (SSSR count). The fraction of sp³-hybridized carbons (Fsp3) is 0.357. The maximum atomic E-state index is 13.3. The maximum absolute atomic E-state index is 13.3. The van der Waals surface area contributed by atoms with Crippen molar-refractivity contribution in [1.82, 2.24) is 19.5 Å². The molecule has 4 aromatic rings. The predicted molar refractivity (Wildman–Crippen MR) is 150 cm³/mol. The van der Waals surface area contributed by atoms with Gasteiger partial charge in [-0.25, -0.2) is 19.3 Å². The summed E-state index contributed by atoms with van der Waals surface area (Å²) in [5.41, 5.74) is 7.54. The van der Waals surface area contributed by atoms with Gasteiger partial charge in [0.15, 0.2) is 0 Å². The third kappa shape index (κ3) is 5.02. The van der Waals surface area contributed by atoms with Crippen LogP contribution in [0, 0.1) is 11.2 Å². The Balaban J connectivity index is 1.18. The van der Waals surface area contributed by atoms with Crippen molar-refractivity contribution in [1.29, 1.82) is 0 Å². The summed E-state index contributed by atoms with van der Waals surface area (Å²) in [5.74, 6) is 0.499. The highest BCUT2D eigenvalue weighted by atomic mass is 35.5. The number of anilines is 1. The summed E-state index contributed by atoms with van der Waals surface area (Å²) < 4.78 is 20.6. The summed E-state index contributed by atoms with van der Waals surface area (Å²) in [5, 5.41) is 1.32. The fourth-order valence-electron chi connectivity index (χ4n) is 5.46. The van der Waals surface area contributed by atoms with Crippen molar-refractivity contribution >= 4 is 40.1 Å². The predicted octanol–water partition coefficient (Wildman–Crippen LogP) is 4.51. The van der Waals surface area contributed by atoms with Crippen molar-refractivity contribution < 1.29 is 9.13 Å². The molecule has 11 heteroatoms. The molecule has 8 nitrogen and oxygen atoms in total. The molecule has 2 aliphatic rings. The van der Waals surface area contributed by atoms with Gasteiger partial charge in [-0.2, -0.15) is 0 Å². The topological polar surface area (TPSA) is 99.2 Å². The highest BCUT2D eigenvalue weighted by molar-refractivity contribution is 7.99. The zero-order valence-corrected chi connectivity index (χ0v) is 23.0. The number of halogens is 2. The molecule has 2 aromatic heterocycles. The second-order valence-corrected chi connectivity index (χ2v) is 11.7. The van der Waals surface area contributed by atoms with Crippen molar-refractivity contribution in [2.45, 2.75) is 48.4 Å². The first-order valence-electron chi connectivity index (χ1n) is 12.9. The second-order valence-electron chi connectivity index (χ2n) is 10.3. The van der Waals surface area contributed by atoms with Crippen LogP contribution in [0.1, 0.15) is 25.3 Å². The zero-order chi connectivity index (χ0) is 27.1. The number of ether oxygens (including phenoxy) is 1. The van der Waals surface area contributed by atoms with E-state index >= 15 is 0 Å². The first-order chi connectivity index (χ1) is 18.8. The van der Waals surface area contributed by atoms with Crippen LogP contribution in [-0.4, -0.2) is 51.4 Å². The standard InChI is InChI=1S/C28H28ClFN6O2S/c1-17-26(31)28(15-38-17)8-10-35(11-9-28)22-12-33-23(13-32-22)39-21-7-6-20-24(25(21)29)27(37)36(16-34-20)14-18-2-4-19(30)5-3-18/h2-7,12-13,16-17,26H,8-11,14-15,31H2,1H3/t17-,26+/m0/s1. The van der Waals surface area contributed by atoms with Gasteiger partial charge in [0, 0.05) is 29.4 Å². The van der Waals surface area contributed by atoms with Crippen molar-refractivity contribution in [3.63, 3.8) is 0 Å². The Morgan fingerprint density at radius 3 is 2.56 bits per heavy atom. The van der Waals surface area contributed by atoms with E-state index in [1.54, 1.807) is 30.6 Å². The molecule has 39 heavy (non-hydrogen) atoms. The lowest BCUT2D eigenvalue weighted by Gasteiger charge is -2.41. The second kappa shape index (κ2) is 10.5. The Labute approximate surface area is 234 Å². The van der Waals surface area contributed by atoms with Gasteiger partial charge in [0.2, 0.25) is 0 Å². The SMILES string of the molecule is C[C@@H]1OCC2(CCN(c3cnc(Sc4ccc5ncn(Cc6ccc(F)cc6)c(=O)c5c4Cl)cn3)CC2)[C@@H]1N. The lowest BCUT2D eigenvalue weighted by molar-refractivity contribution is 0.0974. The van der Waals surface area contributed by atoms with Crippen molar-refractivity contribution in [3.8, 4) is 0 Å². The molecule has 2 fully saturated rings. The minimum Gasteiger partial charge on any atom is -0.376 e. The Kier molecular flexibility index (Phi) is 7.05. The molecule has 4 heterocycles. The van der Waals surface area contributed by atoms with Gasteiger partial charge >= 0.3 is 0 Å². The molecule has 0 unspecified atom stereocenters. The van der Waals surface area contributed by atoms with Gasteiger partial charge in [0.25, 0.3) is 5.56 Å². The number of nitrogens with zero attached hydrogens (tertiary/aromatic N) is 5. The number of piperidine rings is 1. The Bertz CT molecular complexity index is 1560. The minimum atomic E-state index is -0.327. The molecule has 2 saturated heterocycles. The summed E-state index contributed by atoms with van der Waals surface area (Å²) in [4.78, 5) is 29.9. The van der Waals surface area contributed by atoms with Crippen LogP contribution in [0.5, 0.6) is 0 Å². The first-order valence-corrected chi connectivity index (χ1v) is 14.1. The summed E-state index contributed by atoms with van der Waals surface area (Å²) in [6.45, 7) is 4.76. The minimum absolute atomic E-state index is 0.0540. The Morgan fingerprint density at radius 2 is 1.90 bits per heavy atom. The van der Waals surface area contributed by atoms with Crippen LogP contribution in [0.15, 0.2) is 69.8 Å². The summed E-state index contributed by atoms with van der Waals surface area (Å²) in [7, 11) is 0. The monoisotopic (exact) mass is 566 g/mol. The smallest absolute Gasteiger partial charge is 0.263 e. The normalized spacial score (nSPS) is 20.7. The summed E-state index contributed by atoms with van der Waals surface area (Å²) in [6, 6.07) is 9.69. The van der Waals surface area contributed by atoms with E-state index in [4.69, 9.17) is 22.1 Å². The molecule has 202 valence electrons. The van der Waals surface area contributed by atoms with Crippen LogP contribution < -0.4 is 16.2 Å². The third-order valence-corrected chi connectivity index (χ3v) is 9.41. The molecule has 0 saturated carbocycles. The molecular formula is C28H28ClFN6O2S. The molecule has 0 aliphatic carbocycles. The van der Waals surface area contributed by atoms with Crippen molar-refractivity contribution in [3.05, 3.63) is 81.9 Å². The number of benzene rings is 2. The van der Waals surface area contributed by atoms with E-state index in [0.717, 1.165) is 43.9 Å². The van der Waals surface area contributed by atoms with E-state index in [1.807, 2.05) is 6.07 Å². The maximum Gasteiger partial charge on any atom is 0.263 e. The van der Waals surface area contributed by atoms with Crippen LogP contribution in [0.3, 0.4) is 0 Å². The number of hydrogen-bond donors (Lipinski definition) is 1. The molecule has 2 aliphatic heterocycles. The van der Waals surface area contributed by atoms with E-state index in [9.17, 15) is 9.18 Å². The third-order valence-electron chi connectivity index (χ3n) is 7.92. The van der Waals surface area contributed by atoms with Gasteiger partial charge in [0.1, 0.15) is 16.7 Å². The molecule has 0 bridgehead atoms. The van der Waals surface area contributed by atoms with Gasteiger partial charge in [0.05, 0.1) is 53.9 Å². The van der Waals surface area contributed by atoms with E-state index < -0.39 is 0 Å². The largest absolute Gasteiger partial charge is 0.376 e. The molecule has 1 spiro atoms. The lowest BCUT2D eigenvalue weighted by Crippen LogP contribution is -2.50. The molecule has 2 aromatic carbocycles. The zero-order valence-electron chi connectivity index (χ0n) is 21.4. The molecular weight excluding hydrogens is 539 g/mol. The van der Waals surface area contributed by atoms with Crippen LogP contribution >= 0.6 is 23.4 Å². The fourth-order valence-corrected chi connectivity index (χ4v) is 6.58. The van der Waals surface area contributed by atoms with Gasteiger partial charge in [-0.05, 0) is 49.6 Å². The van der Waals surface area contributed by atoms with E-state index in [1.165, 1.54) is 34.8 Å². The van der Waals surface area contributed by atoms with Gasteiger partial charge in [-0.3, -0.25) is 9.36 Å². The number of aromatic nitrogens is 4. The number of fused-ring (bicyclic) bond motifs is 1. The van der Waals surface area contributed by atoms with Gasteiger partial charge in [-0.15, -0.1) is 0 Å². The molecule has 0 radical (unpaired) electrons. The quantitative estimate of drug-likeness (QED) is 0.377. The molecule has 2 atom stereocenters. The first kappa shape index (κ1) is 26.2. The number of nitrogens with two attached hydrogens (primary N) is 1. The van der Waals surface area contributed by atoms with Crippen LogP contribution in [0.25, 0.3) is 10.9 Å². The van der Waals surface area contributed by atoms with Crippen molar-refractivity contribution in [2.75, 3.05) is 24.6 Å². The average molecular weight is 567 g/mol. The number of hydrogen-bond acceptors (Lipinski definition) is 8. The summed E-state index contributed by atoms with van der Waals surface area (Å²) in [6.07, 6.45) is 7.03. The molecule has 2 N–H and O–H groups in total. The highest BCUT2D eigenvalue weighted by Crippen LogP contribution is 2.42. The number of rotatable bonds is 5. The Morgan fingerprint density at radius 1 is 1.13 bits per heavy atom. The van der Waals surface area contributed by atoms with E-state index in [2.05, 4.69) is 26.8 Å². The van der Waals surface area contributed by atoms with Crippen LogP contribution in [0.4, 0.5) is 10.2 Å². The van der Waals surface area contributed by atoms with Gasteiger partial charge < -0.3 is 15.4 Å². The van der Waals surface area contributed by atoms with Crippen LogP contribution in [0.2, 0.25) is 5.02 Å². The highest BCUT2D eigenvalue weighted by Gasteiger charge is 2.47. The van der Waals surface area contributed by atoms with E-state index in [-0.39, 0.29) is 35.5 Å². The molecule has 0 amide bonds. The van der Waals surface area contributed by atoms with Crippen molar-refractivity contribution in [2.24, 2.45) is 11.1 Å². The Hall–Kier alpha value is -3.05. The van der Waals surface area contributed by atoms with Gasteiger partial charge in [-0.1, -0.05) is 35.5 Å². The van der Waals surface area contributed by atoms with Crippen LogP contribution in [-0.2, 0) is 11.3 Å². The average Bonchev–Trinajstić information content (AvgIpc) is 3.22. The lowest BCUT2D eigenvalue weighted by atomic mass is 9.73.